The normalized spacial score (nSPS) is 48.5. The Morgan fingerprint density at radius 1 is 0.707 bits per heavy atom. The Kier molecular flexibility index (Phi) is 21.3. The van der Waals surface area contributed by atoms with E-state index in [0.717, 1.165) is 5.57 Å². The Morgan fingerprint density at radius 2 is 1.35 bits per heavy atom. The van der Waals surface area contributed by atoms with Gasteiger partial charge in [0.2, 0.25) is 5.78 Å². The second kappa shape index (κ2) is 28.1. The van der Waals surface area contributed by atoms with Crippen molar-refractivity contribution >= 4 is 30.1 Å². The van der Waals surface area contributed by atoms with Crippen LogP contribution in [0.15, 0.2) is 63.6 Å². The topological polar surface area (TPSA) is 328 Å². The van der Waals surface area contributed by atoms with Crippen LogP contribution in [-0.2, 0) is 80.8 Å². The minimum Gasteiger partial charge on any atom is -0.511 e. The van der Waals surface area contributed by atoms with Gasteiger partial charge in [0.1, 0.15) is 35.4 Å². The van der Waals surface area contributed by atoms with Crippen molar-refractivity contribution in [3.8, 4) is 0 Å². The summed E-state index contributed by atoms with van der Waals surface area (Å²) < 4.78 is 81.7. The largest absolute Gasteiger partial charge is 0.511 e. The van der Waals surface area contributed by atoms with Crippen LogP contribution in [0.3, 0.4) is 0 Å². The number of methoxy groups -OCH3 is 1. The maximum Gasteiger partial charge on any atom is 0.407 e. The van der Waals surface area contributed by atoms with Gasteiger partial charge in [-0.15, -0.1) is 0 Å². The molecule has 0 aromatic carbocycles. The summed E-state index contributed by atoms with van der Waals surface area (Å²) in [4.78, 5) is 80.6. The second-order valence-corrected chi connectivity index (χ2v) is 28.0. The molecule has 1 amide bonds. The van der Waals surface area contributed by atoms with Gasteiger partial charge in [-0.1, -0.05) is 55.8 Å². The van der Waals surface area contributed by atoms with Gasteiger partial charge in [-0.2, -0.15) is 4.91 Å². The average Bonchev–Trinajstić information content (AvgIpc) is 1.35. The van der Waals surface area contributed by atoms with Crippen LogP contribution in [0.5, 0.6) is 0 Å². The third-order valence-corrected chi connectivity index (χ3v) is 21.5. The molecule has 0 aromatic heterocycles. The first kappa shape index (κ1) is 69.9. The van der Waals surface area contributed by atoms with Crippen molar-refractivity contribution in [2.75, 3.05) is 7.11 Å². The molecule has 29 unspecified atom stereocenters. The van der Waals surface area contributed by atoms with Crippen molar-refractivity contribution in [1.29, 1.82) is 0 Å². The van der Waals surface area contributed by atoms with E-state index in [2.05, 4.69) is 30.4 Å². The molecule has 6 saturated heterocycles. The molecule has 6 heterocycles. The van der Waals surface area contributed by atoms with Crippen molar-refractivity contribution in [3.63, 3.8) is 0 Å². The summed E-state index contributed by atoms with van der Waals surface area (Å²) in [5, 5.41) is 52.7. The van der Waals surface area contributed by atoms with Crippen LogP contribution in [0.4, 0.5) is 4.79 Å². The Morgan fingerprint density at radius 3 is 2.01 bits per heavy atom. The highest BCUT2D eigenvalue weighted by atomic mass is 16.8. The van der Waals surface area contributed by atoms with Crippen molar-refractivity contribution in [2.24, 2.45) is 46.1 Å². The number of aldehydes is 1. The number of amides is 1. The van der Waals surface area contributed by atoms with Gasteiger partial charge in [-0.3, -0.25) is 14.4 Å². The standard InChI is InChI=1S/C67H96N2O23/c1-30-14-18-47(87-54-28-65(11,69-79)60(38(9)85-54)68-64(78)80-13)31(2)23-43-45(73)24-40(29-70)27-67(43)62(76)55(63(77)92-67)61(75)66(12)42(30)16-15-41-56(66)32(3)22-33(4)57(41)91-53-26-49(59(37(8)84-53)86-39(10)71)89-50-21-19-48(35(6)82-50)88-52-25-46(74)58(36(7)83-52)90-51-20-17-44(72)34(5)81-51/h14-16,23-24,29,32-38,41-54,56-60,72-75H,17-22,25-28H2,1-13H3,(H,68,78)/b30-14+,31-23+,61-55+. The first-order chi connectivity index (χ1) is 43.5. The first-order valence-corrected chi connectivity index (χ1v) is 32.9. The summed E-state index contributed by atoms with van der Waals surface area (Å²) in [5.74, 6) is -6.20. The molecule has 6 aliphatic heterocycles. The molecule has 4 aliphatic carbocycles. The van der Waals surface area contributed by atoms with Crippen molar-refractivity contribution in [3.05, 3.63) is 63.3 Å². The minimum atomic E-state index is -2.16. The number of carbonyl (C=O) groups excluding carboxylic acids is 5. The number of ketones is 1. The molecule has 1 saturated carbocycles. The zero-order valence-electron chi connectivity index (χ0n) is 55.0. The predicted octanol–water partition coefficient (Wildman–Crippen LogP) is 6.85. The van der Waals surface area contributed by atoms with E-state index in [-0.39, 0.29) is 43.1 Å². The van der Waals surface area contributed by atoms with Gasteiger partial charge >= 0.3 is 18.0 Å². The van der Waals surface area contributed by atoms with E-state index in [1.165, 1.54) is 20.1 Å². The number of aliphatic hydroxyl groups is 4. The molecule has 2 bridgehead atoms. The van der Waals surface area contributed by atoms with Crippen molar-refractivity contribution in [1.82, 2.24) is 5.32 Å². The average molecular weight is 1300 g/mol. The van der Waals surface area contributed by atoms with E-state index in [1.54, 1.807) is 40.7 Å². The van der Waals surface area contributed by atoms with Gasteiger partial charge in [0.05, 0.1) is 86.2 Å². The molecule has 92 heavy (non-hydrogen) atoms. The quantitative estimate of drug-likeness (QED) is 0.0296. The molecule has 25 heteroatoms. The number of hydrogen-bond acceptors (Lipinski definition) is 24. The third-order valence-electron chi connectivity index (χ3n) is 21.5. The fourth-order valence-electron chi connectivity index (χ4n) is 16.8. The van der Waals surface area contributed by atoms with Gasteiger partial charge in [0, 0.05) is 62.7 Å². The van der Waals surface area contributed by atoms with Crippen molar-refractivity contribution < 1.29 is 106 Å². The molecule has 0 radical (unpaired) electrons. The fraction of sp³-hybridized carbons (Fsp3) is 0.776. The Balaban J connectivity index is 0.900. The van der Waals surface area contributed by atoms with Crippen LogP contribution < -0.4 is 5.32 Å². The number of nitrogens with zero attached hydrogens (tertiary/aromatic N) is 1. The van der Waals surface area contributed by atoms with Gasteiger partial charge < -0.3 is 87.3 Å². The Labute approximate surface area is 537 Å². The van der Waals surface area contributed by atoms with Crippen LogP contribution in [0.25, 0.3) is 0 Å². The molecule has 0 aromatic rings. The summed E-state index contributed by atoms with van der Waals surface area (Å²) in [5.41, 5.74) is -4.30. The summed E-state index contributed by atoms with van der Waals surface area (Å²) >= 11 is 0. The molecule has 512 valence electrons. The van der Waals surface area contributed by atoms with E-state index in [0.29, 0.717) is 44.0 Å². The van der Waals surface area contributed by atoms with Crippen LogP contribution in [0.1, 0.15) is 147 Å². The predicted molar refractivity (Wildman–Crippen MR) is 324 cm³/mol. The summed E-state index contributed by atoms with van der Waals surface area (Å²) in [6.07, 6.45) is -2.93. The molecule has 1 spiro atoms. The Bertz CT molecular complexity index is 2900. The molecule has 29 atom stereocenters. The lowest BCUT2D eigenvalue weighted by Crippen LogP contribution is -2.61. The van der Waals surface area contributed by atoms with E-state index in [1.807, 2.05) is 39.8 Å². The van der Waals surface area contributed by atoms with Crippen LogP contribution in [0.2, 0.25) is 0 Å². The molecule has 7 fully saturated rings. The van der Waals surface area contributed by atoms with Crippen LogP contribution in [0, 0.1) is 45.8 Å². The number of aliphatic hydroxyl groups excluding tert-OH is 4. The van der Waals surface area contributed by atoms with Gasteiger partial charge in [0.25, 0.3) is 0 Å². The number of nitrogens with one attached hydrogen (secondary N) is 1. The number of hydrogen-bond donors (Lipinski definition) is 5. The number of esters is 2. The molecular weight excluding hydrogens is 1200 g/mol. The summed E-state index contributed by atoms with van der Waals surface area (Å²) in [7, 11) is 1.20. The van der Waals surface area contributed by atoms with E-state index in [4.69, 9.17) is 61.6 Å². The highest BCUT2D eigenvalue weighted by molar-refractivity contribution is 6.26. The maximum absolute atomic E-state index is 15.6. The summed E-state index contributed by atoms with van der Waals surface area (Å²) in [6, 6.07) is -0.881. The van der Waals surface area contributed by atoms with Crippen molar-refractivity contribution in [2.45, 2.75) is 281 Å². The SMILES string of the molecule is COC(=O)NC1C(C)OC(OC2C/C=C(\C)C3C=CC4C(OC5CC(OC6CCC(OC7CC(O)C(OC8CCC(O)C(C)O8)C(C)O7)C(C)O6)C(OC(C)=O)C(C)O5)C(C)CC(C)C4C3(C)/C(O)=C3\C(=O)OC4(CC(C=O)=CC(O)C4/C=C/2C)C3=O)CC1(C)N=O. The van der Waals surface area contributed by atoms with Crippen LogP contribution >= 0.6 is 0 Å². The lowest BCUT2D eigenvalue weighted by atomic mass is 9.49. The number of rotatable bonds is 14. The minimum absolute atomic E-state index is 0.0227. The third kappa shape index (κ3) is 13.8. The zero-order valence-corrected chi connectivity index (χ0v) is 55.0. The molecule has 10 aliphatic rings. The molecule has 10 rings (SSSR count). The lowest BCUT2D eigenvalue weighted by molar-refractivity contribution is -0.331. The number of fused-ring (bicyclic) bond motifs is 4. The number of alkyl carbamates (subject to hydrolysis) is 1. The van der Waals surface area contributed by atoms with Gasteiger partial charge in [-0.25, -0.2) is 9.59 Å². The highest BCUT2D eigenvalue weighted by Gasteiger charge is 2.65. The number of carbonyl (C=O) groups is 5. The summed E-state index contributed by atoms with van der Waals surface area (Å²) in [6.45, 7) is 21.5. The molecule has 5 N–H and O–H groups in total. The zero-order chi connectivity index (χ0) is 66.6. The van der Waals surface area contributed by atoms with Gasteiger partial charge in [0.15, 0.2) is 43.2 Å². The monoisotopic (exact) mass is 1300 g/mol. The first-order valence-electron chi connectivity index (χ1n) is 32.9. The lowest BCUT2D eigenvalue weighted by Gasteiger charge is -2.56. The molecule has 25 nitrogen and oxygen atoms in total. The fourth-order valence-corrected chi connectivity index (χ4v) is 16.8. The number of ether oxygens (including phenoxy) is 13. The highest BCUT2D eigenvalue weighted by Crippen LogP contribution is 2.61. The number of Topliss-reactive ketones (excluding diaryl/α,β-unsaturated/α-hetero) is 1. The number of nitroso groups, excluding NO2 is 1. The Hall–Kier alpha value is -4.87. The smallest absolute Gasteiger partial charge is 0.407 e. The molecular formula is C67H96N2O23. The van der Waals surface area contributed by atoms with E-state index in [9.17, 15) is 44.5 Å². The van der Waals surface area contributed by atoms with E-state index < -0.39 is 205 Å². The van der Waals surface area contributed by atoms with Crippen LogP contribution in [-0.4, -0.2) is 192 Å². The van der Waals surface area contributed by atoms with E-state index >= 15 is 4.79 Å². The second-order valence-electron chi connectivity index (χ2n) is 28.0. The maximum atomic E-state index is 15.6. The van der Waals surface area contributed by atoms with Gasteiger partial charge in [-0.05, 0) is 116 Å². The number of allylic oxidation sites excluding steroid dienone is 3.